The summed E-state index contributed by atoms with van der Waals surface area (Å²) in [5.41, 5.74) is 1.23. The molecule has 0 unspecified atom stereocenters. The van der Waals surface area contributed by atoms with Crippen molar-refractivity contribution < 1.29 is 4.79 Å². The molecule has 0 saturated heterocycles. The van der Waals surface area contributed by atoms with Gasteiger partial charge in [-0.1, -0.05) is 17.7 Å². The number of nitrogens with one attached hydrogen (secondary N) is 1. The third-order valence-electron chi connectivity index (χ3n) is 2.75. The Balaban J connectivity index is 1.82. The number of imidazole rings is 1. The van der Waals surface area contributed by atoms with Gasteiger partial charge in [-0.2, -0.15) is 0 Å². The Bertz CT molecular complexity index is 522. The molecule has 0 aliphatic rings. The van der Waals surface area contributed by atoms with Crippen LogP contribution in [0, 0.1) is 6.92 Å². The monoisotopic (exact) mass is 275 g/mol. The number of thioether (sulfide) groups is 1. The van der Waals surface area contributed by atoms with Crippen molar-refractivity contribution in [3.05, 3.63) is 48.0 Å². The van der Waals surface area contributed by atoms with Gasteiger partial charge in [0.05, 0.1) is 12.3 Å². The predicted octanol–water partition coefficient (Wildman–Crippen LogP) is 2.47. The molecule has 2 aromatic rings. The maximum Gasteiger partial charge on any atom is 0.233 e. The highest BCUT2D eigenvalue weighted by molar-refractivity contribution is 8.00. The summed E-state index contributed by atoms with van der Waals surface area (Å²) in [6, 6.07) is 8.19. The van der Waals surface area contributed by atoms with Crippen LogP contribution in [-0.4, -0.2) is 33.6 Å². The zero-order valence-corrected chi connectivity index (χ0v) is 11.9. The van der Waals surface area contributed by atoms with Gasteiger partial charge in [0.15, 0.2) is 0 Å². The summed E-state index contributed by atoms with van der Waals surface area (Å²) in [5, 5.41) is 0. The lowest BCUT2D eigenvalue weighted by molar-refractivity contribution is -0.127. The van der Waals surface area contributed by atoms with Crippen LogP contribution < -0.4 is 0 Å². The fraction of sp³-hybridized carbons (Fsp3) is 0.286. The van der Waals surface area contributed by atoms with Gasteiger partial charge in [-0.3, -0.25) is 4.79 Å². The SMILES string of the molecule is Cc1ccc(SCC(=O)N(C)Cc2ncc[nH]2)cc1. The molecule has 100 valence electrons. The first-order valence-corrected chi connectivity index (χ1v) is 7.05. The van der Waals surface area contributed by atoms with Gasteiger partial charge in [0.1, 0.15) is 5.82 Å². The van der Waals surface area contributed by atoms with E-state index in [1.165, 1.54) is 5.56 Å². The van der Waals surface area contributed by atoms with Crippen LogP contribution in [0.25, 0.3) is 0 Å². The standard InChI is InChI=1S/C14H17N3OS/c1-11-3-5-12(6-4-11)19-10-14(18)17(2)9-13-15-7-8-16-13/h3-8H,9-10H2,1-2H3,(H,15,16). The molecule has 1 amide bonds. The average molecular weight is 275 g/mol. The largest absolute Gasteiger partial charge is 0.347 e. The lowest BCUT2D eigenvalue weighted by atomic mass is 10.2. The second-order valence-corrected chi connectivity index (χ2v) is 5.44. The Kier molecular flexibility index (Phi) is 4.63. The van der Waals surface area contributed by atoms with Gasteiger partial charge in [0, 0.05) is 24.3 Å². The first-order chi connectivity index (χ1) is 9.15. The van der Waals surface area contributed by atoms with E-state index in [0.29, 0.717) is 12.3 Å². The number of aromatic amines is 1. The molecule has 4 nitrogen and oxygen atoms in total. The minimum Gasteiger partial charge on any atom is -0.347 e. The molecule has 0 saturated carbocycles. The van der Waals surface area contributed by atoms with E-state index in [2.05, 4.69) is 29.0 Å². The van der Waals surface area contributed by atoms with Crippen LogP contribution in [0.4, 0.5) is 0 Å². The molecule has 1 N–H and O–H groups in total. The van der Waals surface area contributed by atoms with Gasteiger partial charge in [-0.05, 0) is 19.1 Å². The molecular weight excluding hydrogens is 258 g/mol. The van der Waals surface area contributed by atoms with E-state index in [1.54, 1.807) is 36.1 Å². The molecule has 0 aliphatic heterocycles. The number of carbonyl (C=O) groups excluding carboxylic acids is 1. The van der Waals surface area contributed by atoms with E-state index in [1.807, 2.05) is 12.1 Å². The Labute approximate surface area is 117 Å². The summed E-state index contributed by atoms with van der Waals surface area (Å²) in [7, 11) is 1.79. The van der Waals surface area contributed by atoms with Crippen LogP contribution in [-0.2, 0) is 11.3 Å². The molecule has 0 spiro atoms. The normalized spacial score (nSPS) is 10.4. The van der Waals surface area contributed by atoms with Crippen molar-refractivity contribution in [1.82, 2.24) is 14.9 Å². The zero-order valence-electron chi connectivity index (χ0n) is 11.1. The van der Waals surface area contributed by atoms with Crippen molar-refractivity contribution >= 4 is 17.7 Å². The van der Waals surface area contributed by atoms with Crippen molar-refractivity contribution in [2.24, 2.45) is 0 Å². The molecule has 0 radical (unpaired) electrons. The van der Waals surface area contributed by atoms with Crippen LogP contribution >= 0.6 is 11.8 Å². The highest BCUT2D eigenvalue weighted by Gasteiger charge is 2.10. The number of amides is 1. The van der Waals surface area contributed by atoms with Gasteiger partial charge in [-0.25, -0.2) is 4.98 Å². The van der Waals surface area contributed by atoms with Crippen molar-refractivity contribution in [3.63, 3.8) is 0 Å². The van der Waals surface area contributed by atoms with Gasteiger partial charge in [0.25, 0.3) is 0 Å². The van der Waals surface area contributed by atoms with E-state index in [-0.39, 0.29) is 5.91 Å². The Morgan fingerprint density at radius 2 is 2.11 bits per heavy atom. The van der Waals surface area contributed by atoms with Gasteiger partial charge < -0.3 is 9.88 Å². The number of nitrogens with zero attached hydrogens (tertiary/aromatic N) is 2. The molecule has 0 bridgehead atoms. The fourth-order valence-electron chi connectivity index (χ4n) is 1.59. The Morgan fingerprint density at radius 1 is 1.37 bits per heavy atom. The predicted molar refractivity (Wildman–Crippen MR) is 77.0 cm³/mol. The van der Waals surface area contributed by atoms with E-state index in [0.717, 1.165) is 10.7 Å². The lowest BCUT2D eigenvalue weighted by Crippen LogP contribution is -2.28. The molecule has 2 rings (SSSR count). The molecule has 5 heteroatoms. The number of carbonyl (C=O) groups is 1. The zero-order chi connectivity index (χ0) is 13.7. The molecule has 1 aromatic carbocycles. The van der Waals surface area contributed by atoms with E-state index in [4.69, 9.17) is 0 Å². The molecule has 0 atom stereocenters. The summed E-state index contributed by atoms with van der Waals surface area (Å²) in [6.07, 6.45) is 3.45. The average Bonchev–Trinajstić information content (AvgIpc) is 2.90. The van der Waals surface area contributed by atoms with E-state index < -0.39 is 0 Å². The molecule has 1 aromatic heterocycles. The summed E-state index contributed by atoms with van der Waals surface area (Å²) >= 11 is 1.56. The number of aromatic nitrogens is 2. The summed E-state index contributed by atoms with van der Waals surface area (Å²) in [6.45, 7) is 2.57. The maximum atomic E-state index is 12.0. The highest BCUT2D eigenvalue weighted by atomic mass is 32.2. The van der Waals surface area contributed by atoms with Crippen LogP contribution in [0.2, 0.25) is 0 Å². The summed E-state index contributed by atoms with van der Waals surface area (Å²) in [4.78, 5) is 21.9. The van der Waals surface area contributed by atoms with Crippen molar-refractivity contribution in [2.75, 3.05) is 12.8 Å². The second kappa shape index (κ2) is 6.43. The highest BCUT2D eigenvalue weighted by Crippen LogP contribution is 2.18. The van der Waals surface area contributed by atoms with Crippen molar-refractivity contribution in [3.8, 4) is 0 Å². The van der Waals surface area contributed by atoms with Crippen LogP contribution in [0.3, 0.4) is 0 Å². The summed E-state index contributed by atoms with van der Waals surface area (Å²) in [5.74, 6) is 1.35. The second-order valence-electron chi connectivity index (χ2n) is 4.39. The number of aryl methyl sites for hydroxylation is 1. The topological polar surface area (TPSA) is 49.0 Å². The fourth-order valence-corrected chi connectivity index (χ4v) is 2.43. The van der Waals surface area contributed by atoms with E-state index >= 15 is 0 Å². The number of benzene rings is 1. The van der Waals surface area contributed by atoms with Crippen molar-refractivity contribution in [1.29, 1.82) is 0 Å². The van der Waals surface area contributed by atoms with Crippen LogP contribution in [0.15, 0.2) is 41.6 Å². The van der Waals surface area contributed by atoms with E-state index in [9.17, 15) is 4.79 Å². The number of hydrogen-bond acceptors (Lipinski definition) is 3. The molecule has 1 heterocycles. The maximum absolute atomic E-state index is 12.0. The quantitative estimate of drug-likeness (QED) is 0.853. The van der Waals surface area contributed by atoms with Crippen LogP contribution in [0.1, 0.15) is 11.4 Å². The third kappa shape index (κ3) is 4.13. The Hall–Kier alpha value is -1.75. The molecular formula is C14H17N3OS. The minimum atomic E-state index is 0.0991. The van der Waals surface area contributed by atoms with Crippen LogP contribution in [0.5, 0.6) is 0 Å². The number of rotatable bonds is 5. The Morgan fingerprint density at radius 3 is 2.74 bits per heavy atom. The smallest absolute Gasteiger partial charge is 0.233 e. The number of H-pyrrole nitrogens is 1. The molecule has 0 fully saturated rings. The number of hydrogen-bond donors (Lipinski definition) is 1. The van der Waals surface area contributed by atoms with Gasteiger partial charge in [0.2, 0.25) is 5.91 Å². The first-order valence-electron chi connectivity index (χ1n) is 6.07. The molecule has 0 aliphatic carbocycles. The minimum absolute atomic E-state index is 0.0991. The first kappa shape index (κ1) is 13.7. The van der Waals surface area contributed by atoms with Gasteiger partial charge >= 0.3 is 0 Å². The lowest BCUT2D eigenvalue weighted by Gasteiger charge is -2.15. The van der Waals surface area contributed by atoms with Gasteiger partial charge in [-0.15, -0.1) is 11.8 Å². The molecule has 19 heavy (non-hydrogen) atoms. The third-order valence-corrected chi connectivity index (χ3v) is 3.75. The summed E-state index contributed by atoms with van der Waals surface area (Å²) < 4.78 is 0. The van der Waals surface area contributed by atoms with Crippen molar-refractivity contribution in [2.45, 2.75) is 18.4 Å².